The molecule has 2 aromatic carbocycles. The van der Waals surface area contributed by atoms with Gasteiger partial charge in [-0.2, -0.15) is 0 Å². The van der Waals surface area contributed by atoms with Crippen molar-refractivity contribution in [2.75, 3.05) is 31.6 Å². The summed E-state index contributed by atoms with van der Waals surface area (Å²) in [6, 6.07) is 10.2. The van der Waals surface area contributed by atoms with Gasteiger partial charge < -0.3 is 24.7 Å². The first-order valence-electron chi connectivity index (χ1n) is 16.3. The molecule has 0 bridgehead atoms. The van der Waals surface area contributed by atoms with Crippen LogP contribution in [-0.2, 0) is 20.7 Å². The molecule has 2 amide bonds. The average Bonchev–Trinajstić information content (AvgIpc) is 3.64. The van der Waals surface area contributed by atoms with E-state index in [0.717, 1.165) is 49.2 Å². The van der Waals surface area contributed by atoms with Crippen molar-refractivity contribution in [2.24, 2.45) is 5.92 Å². The quantitative estimate of drug-likeness (QED) is 0.297. The monoisotopic (exact) mass is 638 g/mol. The van der Waals surface area contributed by atoms with Crippen molar-refractivity contribution in [3.05, 3.63) is 64.6 Å². The van der Waals surface area contributed by atoms with Gasteiger partial charge in [0, 0.05) is 42.8 Å². The summed E-state index contributed by atoms with van der Waals surface area (Å²) in [7, 11) is 0. The van der Waals surface area contributed by atoms with Crippen molar-refractivity contribution in [3.63, 3.8) is 0 Å². The van der Waals surface area contributed by atoms with E-state index < -0.39 is 11.7 Å². The maximum atomic E-state index is 15.5. The number of H-pyrrole nitrogens is 1. The van der Waals surface area contributed by atoms with Gasteiger partial charge in [0.25, 0.3) is 5.91 Å². The Bertz CT molecular complexity index is 1510. The lowest BCUT2D eigenvalue weighted by Crippen LogP contribution is -2.51. The smallest absolute Gasteiger partial charge is 0.257 e. The van der Waals surface area contributed by atoms with Gasteiger partial charge in [-0.25, -0.2) is 4.39 Å². The zero-order chi connectivity index (χ0) is 31.7. The highest BCUT2D eigenvalue weighted by atomic mass is 35.5. The number of fused-ring (bicyclic) bond motifs is 1. The maximum absolute atomic E-state index is 15.5. The Morgan fingerprint density at radius 3 is 2.56 bits per heavy atom. The number of nitrogens with one attached hydrogen (secondary N) is 2. The van der Waals surface area contributed by atoms with E-state index in [1.165, 1.54) is 25.0 Å². The van der Waals surface area contributed by atoms with E-state index in [1.54, 1.807) is 6.20 Å². The third kappa shape index (κ3) is 7.38. The number of halogens is 2. The normalized spacial score (nSPS) is 27.6. The third-order valence-electron chi connectivity index (χ3n) is 9.72. The summed E-state index contributed by atoms with van der Waals surface area (Å²) in [5, 5.41) is 3.66. The highest BCUT2D eigenvalue weighted by Crippen LogP contribution is 2.31. The number of amides is 2. The number of anilines is 1. The summed E-state index contributed by atoms with van der Waals surface area (Å²) in [6.07, 6.45) is 7.24. The highest BCUT2D eigenvalue weighted by Gasteiger charge is 2.40. The molecule has 3 fully saturated rings. The Kier molecular flexibility index (Phi) is 9.80. The van der Waals surface area contributed by atoms with Crippen LogP contribution in [0.4, 0.5) is 10.1 Å². The van der Waals surface area contributed by atoms with Crippen LogP contribution in [-0.4, -0.2) is 83.2 Å². The highest BCUT2D eigenvalue weighted by molar-refractivity contribution is 6.34. The van der Waals surface area contributed by atoms with Crippen LogP contribution in [0, 0.1) is 11.7 Å². The molecular weight excluding hydrogens is 595 g/mol. The van der Waals surface area contributed by atoms with E-state index in [2.05, 4.69) is 36.0 Å². The van der Waals surface area contributed by atoms with Gasteiger partial charge in [-0.3, -0.25) is 14.5 Å². The second-order valence-corrected chi connectivity index (χ2v) is 13.7. The molecule has 1 aliphatic carbocycles. The van der Waals surface area contributed by atoms with E-state index in [1.807, 2.05) is 29.2 Å². The lowest BCUT2D eigenvalue weighted by atomic mass is 9.89. The number of para-hydroxylation sites is 1. The fourth-order valence-corrected chi connectivity index (χ4v) is 7.55. The fraction of sp³-hybridized carbons (Fsp3) is 0.543. The molecule has 3 aromatic rings. The van der Waals surface area contributed by atoms with Gasteiger partial charge in [0.2, 0.25) is 5.91 Å². The predicted octanol–water partition coefficient (Wildman–Crippen LogP) is 6.43. The average molecular weight is 639 g/mol. The van der Waals surface area contributed by atoms with Crippen molar-refractivity contribution < 1.29 is 23.5 Å². The molecule has 3 heterocycles. The minimum atomic E-state index is -0.585. The number of benzene rings is 2. The summed E-state index contributed by atoms with van der Waals surface area (Å²) < 4.78 is 27.8. The van der Waals surface area contributed by atoms with Crippen LogP contribution < -0.4 is 5.32 Å². The third-order valence-corrected chi connectivity index (χ3v) is 10.0. The van der Waals surface area contributed by atoms with E-state index in [0.29, 0.717) is 18.7 Å². The van der Waals surface area contributed by atoms with Crippen molar-refractivity contribution in [1.82, 2.24) is 14.8 Å². The molecule has 10 heteroatoms. The first-order chi connectivity index (χ1) is 21.6. The second kappa shape index (κ2) is 13.8. The molecule has 2 aliphatic heterocycles. The molecule has 0 unspecified atom stereocenters. The number of aromatic amines is 1. The van der Waals surface area contributed by atoms with Gasteiger partial charge in [0.05, 0.1) is 53.7 Å². The zero-order valence-electron chi connectivity index (χ0n) is 26.4. The summed E-state index contributed by atoms with van der Waals surface area (Å²) in [5.74, 6) is -0.400. The molecule has 4 atom stereocenters. The minimum absolute atomic E-state index is 0.0800. The van der Waals surface area contributed by atoms with Gasteiger partial charge in [-0.1, -0.05) is 36.7 Å². The van der Waals surface area contributed by atoms with Gasteiger partial charge in [0.1, 0.15) is 5.82 Å². The molecule has 8 nitrogen and oxygen atoms in total. The number of carbonyl (C=O) groups excluding carboxylic acids is 2. The molecule has 0 spiro atoms. The number of nitrogens with zero attached hydrogens (tertiary/aromatic N) is 2. The van der Waals surface area contributed by atoms with E-state index >= 15 is 4.39 Å². The number of rotatable bonds is 8. The molecule has 2 saturated heterocycles. The lowest BCUT2D eigenvalue weighted by molar-refractivity contribution is -0.133. The van der Waals surface area contributed by atoms with Crippen LogP contribution in [0.15, 0.2) is 42.6 Å². The second-order valence-electron chi connectivity index (χ2n) is 13.3. The molecule has 1 saturated carbocycles. The Morgan fingerprint density at radius 1 is 1.07 bits per heavy atom. The number of aromatic nitrogens is 1. The van der Waals surface area contributed by atoms with E-state index in [-0.39, 0.29) is 59.0 Å². The summed E-state index contributed by atoms with van der Waals surface area (Å²) in [4.78, 5) is 34.2. The predicted molar refractivity (Wildman–Crippen MR) is 174 cm³/mol. The Morgan fingerprint density at radius 2 is 1.80 bits per heavy atom. The van der Waals surface area contributed by atoms with Crippen molar-refractivity contribution >= 4 is 40.0 Å². The van der Waals surface area contributed by atoms with Crippen LogP contribution in [0.3, 0.4) is 0 Å². The van der Waals surface area contributed by atoms with Crippen LogP contribution in [0.5, 0.6) is 0 Å². The molecule has 2 N–H and O–H groups in total. The Hall–Kier alpha value is -2.98. The van der Waals surface area contributed by atoms with Crippen molar-refractivity contribution in [1.29, 1.82) is 0 Å². The van der Waals surface area contributed by atoms with Crippen LogP contribution >= 0.6 is 11.6 Å². The van der Waals surface area contributed by atoms with Crippen molar-refractivity contribution in [3.8, 4) is 0 Å². The zero-order valence-corrected chi connectivity index (χ0v) is 27.1. The number of carbonyl (C=O) groups is 2. The number of hydrogen-bond donors (Lipinski definition) is 2. The Labute approximate surface area is 269 Å². The molecular formula is C35H44ClFN4O4. The number of likely N-dealkylation sites (tertiary alicyclic amines) is 1. The first kappa shape index (κ1) is 32.0. The van der Waals surface area contributed by atoms with E-state index in [9.17, 15) is 9.59 Å². The van der Waals surface area contributed by atoms with Crippen molar-refractivity contribution in [2.45, 2.75) is 89.7 Å². The van der Waals surface area contributed by atoms with Gasteiger partial charge in [-0.05, 0) is 75.6 Å². The number of ether oxygens (including phenoxy) is 2. The standard InChI is InChI=1S/C35H44ClFN4O4/c1-21-8-10-27(11-9-21)44-20-26-14-25(40-17-22(2)45-23(3)18-40)19-41(26)34(42)13-24-12-30(36)33(15-31(24)37)39-35(43)29-16-38-32-7-5-4-6-28(29)32/h4-7,12,15-16,21-23,25-27,38H,8-11,13-14,17-20H2,1-3H3,(H,39,43)/t21-,22-,23+,25-,26-,27-/m0/s1. The lowest BCUT2D eigenvalue weighted by Gasteiger charge is -2.38. The molecule has 242 valence electrons. The van der Waals surface area contributed by atoms with Gasteiger partial charge in [-0.15, -0.1) is 0 Å². The molecule has 45 heavy (non-hydrogen) atoms. The topological polar surface area (TPSA) is 86.9 Å². The van der Waals surface area contributed by atoms with Crippen LogP contribution in [0.2, 0.25) is 5.02 Å². The van der Waals surface area contributed by atoms with E-state index in [4.69, 9.17) is 21.1 Å². The minimum Gasteiger partial charge on any atom is -0.376 e. The molecule has 3 aliphatic rings. The summed E-state index contributed by atoms with van der Waals surface area (Å²) in [6.45, 7) is 9.16. The largest absolute Gasteiger partial charge is 0.376 e. The Balaban J connectivity index is 1.14. The van der Waals surface area contributed by atoms with Crippen LogP contribution in [0.1, 0.15) is 68.8 Å². The number of morpholine rings is 1. The summed E-state index contributed by atoms with van der Waals surface area (Å²) >= 11 is 6.54. The van der Waals surface area contributed by atoms with Crippen LogP contribution in [0.25, 0.3) is 10.9 Å². The summed E-state index contributed by atoms with van der Waals surface area (Å²) in [5.41, 5.74) is 1.62. The molecule has 0 radical (unpaired) electrons. The first-order valence-corrected chi connectivity index (χ1v) is 16.7. The van der Waals surface area contributed by atoms with Gasteiger partial charge in [0.15, 0.2) is 0 Å². The molecule has 6 rings (SSSR count). The molecule has 1 aromatic heterocycles. The SMILES string of the molecule is C[C@@H]1CN([C@H]2C[C@@H](CO[C@H]3CC[C@H](C)CC3)N(C(=O)Cc3cc(Cl)c(NC(=O)c4c[nH]c5ccccc45)cc3F)C2)C[C@H](C)O1. The maximum Gasteiger partial charge on any atom is 0.257 e. The van der Waals surface area contributed by atoms with Gasteiger partial charge >= 0.3 is 0 Å². The number of hydrogen-bond acceptors (Lipinski definition) is 5. The fourth-order valence-electron chi connectivity index (χ4n) is 7.31.